The molecule has 0 atom stereocenters. The average molecular weight is 330 g/mol. The number of fused-ring (bicyclic) bond motifs is 1. The molecule has 4 aromatic rings. The van der Waals surface area contributed by atoms with E-state index >= 15 is 0 Å². The molecule has 0 aliphatic carbocycles. The summed E-state index contributed by atoms with van der Waals surface area (Å²) in [7, 11) is 0. The minimum absolute atomic E-state index is 0.569. The van der Waals surface area contributed by atoms with Crippen molar-refractivity contribution in [1.82, 2.24) is 19.5 Å². The van der Waals surface area contributed by atoms with Gasteiger partial charge in [-0.25, -0.2) is 9.97 Å². The summed E-state index contributed by atoms with van der Waals surface area (Å²) in [6.07, 6.45) is 5.18. The zero-order chi connectivity index (χ0) is 17.1. The van der Waals surface area contributed by atoms with Gasteiger partial charge in [0, 0.05) is 25.1 Å². The van der Waals surface area contributed by atoms with Crippen molar-refractivity contribution in [2.75, 3.05) is 6.61 Å². The maximum atomic E-state index is 5.73. The van der Waals surface area contributed by atoms with Crippen molar-refractivity contribution in [2.45, 2.75) is 13.5 Å². The Balaban J connectivity index is 1.90. The van der Waals surface area contributed by atoms with E-state index in [1.165, 1.54) is 5.56 Å². The van der Waals surface area contributed by atoms with Crippen LogP contribution < -0.4 is 4.74 Å². The van der Waals surface area contributed by atoms with Crippen molar-refractivity contribution in [3.05, 3.63) is 72.7 Å². The van der Waals surface area contributed by atoms with E-state index < -0.39 is 0 Å². The first kappa shape index (κ1) is 15.3. The van der Waals surface area contributed by atoms with E-state index in [4.69, 9.17) is 4.74 Å². The molecule has 25 heavy (non-hydrogen) atoms. The van der Waals surface area contributed by atoms with Gasteiger partial charge in [0.25, 0.3) is 0 Å². The van der Waals surface area contributed by atoms with Gasteiger partial charge in [0.1, 0.15) is 5.52 Å². The van der Waals surface area contributed by atoms with Crippen LogP contribution in [0.4, 0.5) is 0 Å². The Morgan fingerprint density at radius 2 is 1.76 bits per heavy atom. The molecule has 0 aliphatic rings. The van der Waals surface area contributed by atoms with E-state index in [1.54, 1.807) is 18.6 Å². The van der Waals surface area contributed by atoms with Gasteiger partial charge in [-0.05, 0) is 30.7 Å². The van der Waals surface area contributed by atoms with Crippen molar-refractivity contribution < 1.29 is 4.74 Å². The van der Waals surface area contributed by atoms with Crippen LogP contribution in [0.1, 0.15) is 12.5 Å². The third kappa shape index (κ3) is 2.96. The summed E-state index contributed by atoms with van der Waals surface area (Å²) in [5.41, 5.74) is 4.86. The molecule has 124 valence electrons. The summed E-state index contributed by atoms with van der Waals surface area (Å²) < 4.78 is 7.89. The standard InChI is InChI=1S/C20H18N4O/c1-2-25-20-16(9-6-10-23-20)18-13-17-19(22-12-11-21-17)24(18)14-15-7-4-3-5-8-15/h3-13H,2,14H2,1H3. The van der Waals surface area contributed by atoms with Crippen molar-refractivity contribution in [3.63, 3.8) is 0 Å². The van der Waals surface area contributed by atoms with Crippen LogP contribution in [-0.2, 0) is 6.54 Å². The highest BCUT2D eigenvalue weighted by atomic mass is 16.5. The Labute approximate surface area is 146 Å². The summed E-state index contributed by atoms with van der Waals surface area (Å²) in [5, 5.41) is 0. The SMILES string of the molecule is CCOc1ncccc1-c1cc2nccnc2n1Cc1ccccc1. The smallest absolute Gasteiger partial charge is 0.222 e. The Morgan fingerprint density at radius 3 is 2.60 bits per heavy atom. The lowest BCUT2D eigenvalue weighted by atomic mass is 10.2. The highest BCUT2D eigenvalue weighted by Crippen LogP contribution is 2.32. The summed E-state index contributed by atoms with van der Waals surface area (Å²) >= 11 is 0. The summed E-state index contributed by atoms with van der Waals surface area (Å²) in [5.74, 6) is 0.627. The minimum atomic E-state index is 0.569. The number of pyridine rings is 1. The Morgan fingerprint density at radius 1 is 0.920 bits per heavy atom. The predicted octanol–water partition coefficient (Wildman–Crippen LogP) is 3.94. The van der Waals surface area contributed by atoms with E-state index in [-0.39, 0.29) is 0 Å². The Hall–Kier alpha value is -3.21. The molecule has 0 saturated carbocycles. The fourth-order valence-corrected chi connectivity index (χ4v) is 2.96. The molecule has 3 heterocycles. The van der Waals surface area contributed by atoms with Gasteiger partial charge in [-0.2, -0.15) is 0 Å². The van der Waals surface area contributed by atoms with Crippen molar-refractivity contribution >= 4 is 11.2 Å². The number of hydrogen-bond acceptors (Lipinski definition) is 4. The van der Waals surface area contributed by atoms with Gasteiger partial charge in [0.05, 0.1) is 17.9 Å². The highest BCUT2D eigenvalue weighted by molar-refractivity contribution is 5.82. The first-order valence-electron chi connectivity index (χ1n) is 8.29. The van der Waals surface area contributed by atoms with Gasteiger partial charge in [0.15, 0.2) is 5.65 Å². The quantitative estimate of drug-likeness (QED) is 0.556. The zero-order valence-electron chi connectivity index (χ0n) is 14.0. The molecule has 0 fully saturated rings. The van der Waals surface area contributed by atoms with Crippen LogP contribution in [-0.4, -0.2) is 26.1 Å². The number of nitrogens with zero attached hydrogens (tertiary/aromatic N) is 4. The van der Waals surface area contributed by atoms with E-state index in [1.807, 2.05) is 43.3 Å². The third-order valence-corrected chi connectivity index (χ3v) is 4.04. The zero-order valence-corrected chi connectivity index (χ0v) is 14.0. The maximum absolute atomic E-state index is 5.73. The second-order valence-electron chi connectivity index (χ2n) is 5.66. The van der Waals surface area contributed by atoms with Gasteiger partial charge in [-0.3, -0.25) is 4.98 Å². The van der Waals surface area contributed by atoms with Crippen LogP contribution in [0.2, 0.25) is 0 Å². The molecule has 0 amide bonds. The number of benzene rings is 1. The van der Waals surface area contributed by atoms with Crippen LogP contribution in [0.5, 0.6) is 5.88 Å². The lowest BCUT2D eigenvalue weighted by Crippen LogP contribution is -2.04. The number of ether oxygens (including phenoxy) is 1. The van der Waals surface area contributed by atoms with Crippen molar-refractivity contribution in [3.8, 4) is 17.1 Å². The van der Waals surface area contributed by atoms with Crippen LogP contribution >= 0.6 is 0 Å². The molecule has 0 spiro atoms. The van der Waals surface area contributed by atoms with Crippen molar-refractivity contribution in [1.29, 1.82) is 0 Å². The normalized spacial score (nSPS) is 10.9. The molecule has 0 N–H and O–H groups in total. The number of aromatic nitrogens is 4. The maximum Gasteiger partial charge on any atom is 0.222 e. The molecule has 0 unspecified atom stereocenters. The highest BCUT2D eigenvalue weighted by Gasteiger charge is 2.16. The van der Waals surface area contributed by atoms with Gasteiger partial charge in [0.2, 0.25) is 5.88 Å². The van der Waals surface area contributed by atoms with E-state index in [2.05, 4.69) is 31.7 Å². The molecule has 4 rings (SSSR count). The lowest BCUT2D eigenvalue weighted by Gasteiger charge is -2.13. The van der Waals surface area contributed by atoms with Crippen LogP contribution in [0.25, 0.3) is 22.4 Å². The minimum Gasteiger partial charge on any atom is -0.477 e. The van der Waals surface area contributed by atoms with Gasteiger partial charge in [-0.15, -0.1) is 0 Å². The molecular weight excluding hydrogens is 312 g/mol. The Kier molecular flexibility index (Phi) is 4.12. The summed E-state index contributed by atoms with van der Waals surface area (Å²) in [6, 6.07) is 16.3. The molecule has 0 saturated heterocycles. The summed E-state index contributed by atoms with van der Waals surface area (Å²) in [6.45, 7) is 3.24. The number of rotatable bonds is 5. The van der Waals surface area contributed by atoms with E-state index in [0.717, 1.165) is 22.4 Å². The topological polar surface area (TPSA) is 52.8 Å². The fraction of sp³-hybridized carbons (Fsp3) is 0.150. The van der Waals surface area contributed by atoms with E-state index in [0.29, 0.717) is 19.0 Å². The van der Waals surface area contributed by atoms with Crippen LogP contribution in [0, 0.1) is 0 Å². The lowest BCUT2D eigenvalue weighted by molar-refractivity contribution is 0.328. The predicted molar refractivity (Wildman–Crippen MR) is 97.5 cm³/mol. The van der Waals surface area contributed by atoms with Crippen LogP contribution in [0.3, 0.4) is 0 Å². The first-order valence-corrected chi connectivity index (χ1v) is 8.29. The van der Waals surface area contributed by atoms with Gasteiger partial charge in [-0.1, -0.05) is 30.3 Å². The molecule has 0 radical (unpaired) electrons. The molecule has 5 nitrogen and oxygen atoms in total. The molecule has 1 aromatic carbocycles. The molecule has 0 aliphatic heterocycles. The van der Waals surface area contributed by atoms with Gasteiger partial charge >= 0.3 is 0 Å². The average Bonchev–Trinajstić information content (AvgIpc) is 3.02. The molecule has 0 bridgehead atoms. The fourth-order valence-electron chi connectivity index (χ4n) is 2.96. The Bertz CT molecular complexity index is 995. The molecular formula is C20H18N4O. The summed E-state index contributed by atoms with van der Waals surface area (Å²) in [4.78, 5) is 13.4. The molecule has 5 heteroatoms. The monoisotopic (exact) mass is 330 g/mol. The van der Waals surface area contributed by atoms with Crippen LogP contribution in [0.15, 0.2) is 67.1 Å². The van der Waals surface area contributed by atoms with Gasteiger partial charge < -0.3 is 9.30 Å². The number of hydrogen-bond donors (Lipinski definition) is 0. The largest absolute Gasteiger partial charge is 0.477 e. The first-order chi connectivity index (χ1) is 12.4. The van der Waals surface area contributed by atoms with Crippen molar-refractivity contribution in [2.24, 2.45) is 0 Å². The second-order valence-corrected chi connectivity index (χ2v) is 5.66. The third-order valence-electron chi connectivity index (χ3n) is 4.04. The molecule has 3 aromatic heterocycles. The van der Waals surface area contributed by atoms with E-state index in [9.17, 15) is 0 Å². The second kappa shape index (κ2) is 6.73.